The Morgan fingerprint density at radius 1 is 0.900 bits per heavy atom. The fourth-order valence-corrected chi connectivity index (χ4v) is 4.33. The molecule has 1 aliphatic heterocycles. The van der Waals surface area contributed by atoms with E-state index < -0.39 is 0 Å². The predicted octanol–water partition coefficient (Wildman–Crippen LogP) is 5.16. The molecule has 0 bridgehead atoms. The number of hydrogen-bond donors (Lipinski definition) is 3. The quantitative estimate of drug-likeness (QED) is 0.607. The molecule has 4 N–H and O–H groups in total. The maximum absolute atomic E-state index is 11.4. The summed E-state index contributed by atoms with van der Waals surface area (Å²) < 4.78 is 0. The Labute approximate surface area is 178 Å². The number of hydrogen-bond acceptors (Lipinski definition) is 3. The Morgan fingerprint density at radius 3 is 2.10 bits per heavy atom. The van der Waals surface area contributed by atoms with Crippen LogP contribution in [0.1, 0.15) is 55.2 Å². The lowest BCUT2D eigenvalue weighted by Gasteiger charge is -2.08. The molecule has 2 aromatic rings. The van der Waals surface area contributed by atoms with Gasteiger partial charge in [0.15, 0.2) is 0 Å². The molecule has 0 radical (unpaired) electrons. The standard InChI is InChI=1S/C15H14N4O.C6H10.C4H6/c16-13-5-2-10(3-6-13)7-11-1-4-12-9-17-19-15(20)18-14(12)8-11;1-2-5-4-6(5)3-1;1-3-2-4(1)3/h1-6,8-9H,7,16H2,(H2,18,19,20);5-6H,1-4H2;3-4H,1-2H2. The normalized spacial score (nSPS) is 27.9. The number of nitrogens with zero attached hydrogens (tertiary/aromatic N) is 1. The lowest BCUT2D eigenvalue weighted by Crippen LogP contribution is -2.22. The largest absolute Gasteiger partial charge is 0.399 e. The van der Waals surface area contributed by atoms with Crippen LogP contribution in [0.4, 0.5) is 16.2 Å². The van der Waals surface area contributed by atoms with Crippen LogP contribution in [0, 0.1) is 23.7 Å². The van der Waals surface area contributed by atoms with Crippen molar-refractivity contribution in [2.45, 2.75) is 44.9 Å². The van der Waals surface area contributed by atoms with Gasteiger partial charge >= 0.3 is 6.03 Å². The van der Waals surface area contributed by atoms with E-state index in [1.165, 1.54) is 35.7 Å². The zero-order valence-electron chi connectivity index (χ0n) is 17.3. The van der Waals surface area contributed by atoms with E-state index in [1.807, 2.05) is 42.5 Å². The predicted molar refractivity (Wildman–Crippen MR) is 122 cm³/mol. The van der Waals surface area contributed by atoms with Gasteiger partial charge in [0.25, 0.3) is 0 Å². The molecular weight excluding hydrogens is 372 g/mol. The number of anilines is 2. The van der Waals surface area contributed by atoms with Crippen molar-refractivity contribution in [3.63, 3.8) is 0 Å². The highest BCUT2D eigenvalue weighted by Crippen LogP contribution is 2.62. The number of urea groups is 1. The van der Waals surface area contributed by atoms with E-state index in [4.69, 9.17) is 5.73 Å². The van der Waals surface area contributed by atoms with Gasteiger partial charge in [-0.3, -0.25) is 0 Å². The number of benzene rings is 2. The molecule has 4 fully saturated rings. The van der Waals surface area contributed by atoms with Crippen LogP contribution in [0.15, 0.2) is 47.6 Å². The third-order valence-electron chi connectivity index (χ3n) is 6.81. The molecule has 0 spiro atoms. The zero-order valence-corrected chi connectivity index (χ0v) is 17.3. The van der Waals surface area contributed by atoms with Crippen LogP contribution >= 0.6 is 0 Å². The number of nitrogens with two attached hydrogens (primary N) is 1. The Kier molecular flexibility index (Phi) is 5.19. The van der Waals surface area contributed by atoms with Gasteiger partial charge in [-0.05, 0) is 78.7 Å². The molecule has 2 amide bonds. The van der Waals surface area contributed by atoms with E-state index in [9.17, 15) is 4.79 Å². The van der Waals surface area contributed by atoms with E-state index in [0.717, 1.165) is 28.9 Å². The van der Waals surface area contributed by atoms with Gasteiger partial charge < -0.3 is 11.1 Å². The zero-order chi connectivity index (χ0) is 20.5. The molecule has 2 aromatic carbocycles. The van der Waals surface area contributed by atoms with Crippen LogP contribution in [0.2, 0.25) is 0 Å². The van der Waals surface area contributed by atoms with Crippen molar-refractivity contribution in [3.05, 3.63) is 59.2 Å². The minimum atomic E-state index is -0.329. The van der Waals surface area contributed by atoms with E-state index >= 15 is 0 Å². The number of carbonyl (C=O) groups is 1. The average Bonchev–Trinajstić information content (AvgIpc) is 3.64. The van der Waals surface area contributed by atoms with Gasteiger partial charge in [-0.25, -0.2) is 10.2 Å². The van der Waals surface area contributed by atoms with E-state index in [2.05, 4.69) is 15.8 Å². The molecule has 2 atom stereocenters. The SMILES string of the molecule is C1C2CC12.C1CC2CC2C1.Nc1ccc(Cc2ccc3c(c2)NC(=O)NN=C3)cc1. The number of carbonyl (C=O) groups excluding carboxylic acids is 1. The van der Waals surface area contributed by atoms with Crippen molar-refractivity contribution in [2.75, 3.05) is 11.1 Å². The topological polar surface area (TPSA) is 79.5 Å². The molecule has 30 heavy (non-hydrogen) atoms. The summed E-state index contributed by atoms with van der Waals surface area (Å²) in [6.07, 6.45) is 11.8. The number of rotatable bonds is 2. The average molecular weight is 403 g/mol. The summed E-state index contributed by atoms with van der Waals surface area (Å²) >= 11 is 0. The van der Waals surface area contributed by atoms with Gasteiger partial charge in [-0.15, -0.1) is 0 Å². The van der Waals surface area contributed by atoms with Gasteiger partial charge in [0, 0.05) is 11.3 Å². The summed E-state index contributed by atoms with van der Waals surface area (Å²) in [7, 11) is 0. The van der Waals surface area contributed by atoms with E-state index in [0.29, 0.717) is 0 Å². The molecule has 5 aliphatic rings. The highest BCUT2D eigenvalue weighted by molar-refractivity contribution is 5.99. The highest BCUT2D eigenvalue weighted by Gasteiger charge is 2.52. The molecule has 7 rings (SSSR count). The van der Waals surface area contributed by atoms with Crippen LogP contribution in [0.5, 0.6) is 0 Å². The van der Waals surface area contributed by atoms with Crippen molar-refractivity contribution in [2.24, 2.45) is 28.8 Å². The number of nitrogen functional groups attached to an aromatic ring is 1. The lowest BCUT2D eigenvalue weighted by atomic mass is 10.0. The first-order chi connectivity index (χ1) is 14.6. The summed E-state index contributed by atoms with van der Waals surface area (Å²) in [5.41, 5.74) is 12.7. The molecule has 4 saturated carbocycles. The molecule has 2 unspecified atom stereocenters. The summed E-state index contributed by atoms with van der Waals surface area (Å²) in [6, 6.07) is 13.4. The maximum atomic E-state index is 11.4. The van der Waals surface area contributed by atoms with Crippen molar-refractivity contribution in [1.82, 2.24) is 5.43 Å². The van der Waals surface area contributed by atoms with Crippen LogP contribution < -0.4 is 16.5 Å². The number of fused-ring (bicyclic) bond motifs is 3. The Bertz CT molecular complexity index is 932. The molecule has 0 aromatic heterocycles. The van der Waals surface area contributed by atoms with Crippen LogP contribution in [-0.4, -0.2) is 12.2 Å². The first-order valence-electron chi connectivity index (χ1n) is 11.2. The number of hydrazone groups is 1. The molecule has 5 heteroatoms. The van der Waals surface area contributed by atoms with Crippen molar-refractivity contribution < 1.29 is 4.79 Å². The van der Waals surface area contributed by atoms with Gasteiger partial charge in [0.2, 0.25) is 0 Å². The highest BCUT2D eigenvalue weighted by atomic mass is 16.2. The second kappa shape index (κ2) is 8.13. The summed E-state index contributed by atoms with van der Waals surface area (Å²) in [4.78, 5) is 11.4. The summed E-state index contributed by atoms with van der Waals surface area (Å²) in [5.74, 6) is 4.93. The fraction of sp³-hybridized carbons (Fsp3) is 0.440. The van der Waals surface area contributed by atoms with Crippen molar-refractivity contribution in [3.8, 4) is 0 Å². The van der Waals surface area contributed by atoms with Gasteiger partial charge in [0.1, 0.15) is 0 Å². The minimum Gasteiger partial charge on any atom is -0.399 e. The molecule has 5 nitrogen and oxygen atoms in total. The monoisotopic (exact) mass is 402 g/mol. The van der Waals surface area contributed by atoms with Crippen molar-refractivity contribution in [1.29, 1.82) is 0 Å². The third-order valence-corrected chi connectivity index (χ3v) is 6.81. The van der Waals surface area contributed by atoms with Crippen molar-refractivity contribution >= 4 is 23.6 Å². The maximum Gasteiger partial charge on any atom is 0.339 e. The molecule has 1 heterocycles. The fourth-order valence-electron chi connectivity index (χ4n) is 4.33. The van der Waals surface area contributed by atoms with E-state index in [1.54, 1.807) is 38.3 Å². The van der Waals surface area contributed by atoms with E-state index in [-0.39, 0.29) is 6.03 Å². The van der Waals surface area contributed by atoms with Gasteiger partial charge in [-0.1, -0.05) is 43.5 Å². The van der Waals surface area contributed by atoms with Crippen LogP contribution in [0.3, 0.4) is 0 Å². The second-order valence-corrected chi connectivity index (χ2v) is 9.34. The second-order valence-electron chi connectivity index (χ2n) is 9.34. The van der Waals surface area contributed by atoms with Crippen LogP contribution in [0.25, 0.3) is 0 Å². The Morgan fingerprint density at radius 2 is 1.53 bits per heavy atom. The van der Waals surface area contributed by atoms with Gasteiger partial charge in [0.05, 0.1) is 11.9 Å². The summed E-state index contributed by atoms with van der Waals surface area (Å²) in [6.45, 7) is 0. The smallest absolute Gasteiger partial charge is 0.339 e. The molecule has 0 saturated heterocycles. The molecule has 156 valence electrons. The van der Waals surface area contributed by atoms with Gasteiger partial charge in [-0.2, -0.15) is 5.10 Å². The number of nitrogens with one attached hydrogen (secondary N) is 2. The molecule has 4 aliphatic carbocycles. The Balaban J connectivity index is 0.000000152. The first kappa shape index (κ1) is 19.2. The first-order valence-corrected chi connectivity index (χ1v) is 11.2. The third kappa shape index (κ3) is 5.02. The summed E-state index contributed by atoms with van der Waals surface area (Å²) in [5, 5.41) is 6.58. The lowest BCUT2D eigenvalue weighted by molar-refractivity contribution is 0.252. The Hall–Kier alpha value is -2.82. The van der Waals surface area contributed by atoms with Crippen LogP contribution in [-0.2, 0) is 6.42 Å². The minimum absolute atomic E-state index is 0.329. The number of amides is 2. The molecular formula is C25H30N4O.